The first-order valence-corrected chi connectivity index (χ1v) is 7.01. The van der Waals surface area contributed by atoms with Crippen LogP contribution < -0.4 is 0 Å². The Hall–Kier alpha value is -1.57. The minimum absolute atomic E-state index is 0.237. The average Bonchev–Trinajstić information content (AvgIpc) is 2.39. The normalized spacial score (nSPS) is 11.4. The molecular formula is C17H24O2. The molecule has 0 aliphatic heterocycles. The fourth-order valence-corrected chi connectivity index (χ4v) is 1.90. The summed E-state index contributed by atoms with van der Waals surface area (Å²) in [6.07, 6.45) is 7.03. The van der Waals surface area contributed by atoms with Crippen molar-refractivity contribution in [2.75, 3.05) is 6.61 Å². The van der Waals surface area contributed by atoms with Gasteiger partial charge in [-0.2, -0.15) is 0 Å². The minimum atomic E-state index is -0.237. The van der Waals surface area contributed by atoms with Gasteiger partial charge in [-0.05, 0) is 36.5 Å². The van der Waals surface area contributed by atoms with Crippen LogP contribution in [-0.2, 0) is 16.0 Å². The molecule has 0 bridgehead atoms. The van der Waals surface area contributed by atoms with E-state index in [9.17, 15) is 4.79 Å². The highest BCUT2D eigenvalue weighted by atomic mass is 16.5. The molecule has 1 rings (SSSR count). The zero-order valence-corrected chi connectivity index (χ0v) is 12.2. The van der Waals surface area contributed by atoms with E-state index in [4.69, 9.17) is 4.74 Å². The second-order valence-electron chi connectivity index (χ2n) is 4.97. The number of rotatable bonds is 7. The van der Waals surface area contributed by atoms with Crippen molar-refractivity contribution in [2.45, 2.75) is 46.5 Å². The first-order valence-electron chi connectivity index (χ1n) is 7.01. The molecule has 1 aromatic carbocycles. The van der Waals surface area contributed by atoms with Crippen molar-refractivity contribution < 1.29 is 9.53 Å². The van der Waals surface area contributed by atoms with E-state index in [1.165, 1.54) is 31.7 Å². The summed E-state index contributed by atoms with van der Waals surface area (Å²) in [6.45, 7) is 5.99. The van der Waals surface area contributed by atoms with Gasteiger partial charge in [0.15, 0.2) is 0 Å². The van der Waals surface area contributed by atoms with E-state index in [1.807, 2.05) is 6.92 Å². The first-order chi connectivity index (χ1) is 9.11. The van der Waals surface area contributed by atoms with Crippen molar-refractivity contribution in [3.63, 3.8) is 0 Å². The molecule has 0 atom stereocenters. The molecule has 2 heteroatoms. The maximum atomic E-state index is 10.7. The topological polar surface area (TPSA) is 26.3 Å². The Morgan fingerprint density at radius 2 is 1.84 bits per heavy atom. The summed E-state index contributed by atoms with van der Waals surface area (Å²) in [6, 6.07) is 8.61. The molecule has 0 saturated heterocycles. The van der Waals surface area contributed by atoms with E-state index < -0.39 is 0 Å². The van der Waals surface area contributed by atoms with Crippen molar-refractivity contribution in [1.29, 1.82) is 0 Å². The van der Waals surface area contributed by atoms with Gasteiger partial charge in [-0.3, -0.25) is 4.79 Å². The number of carbonyl (C=O) groups excluding carboxylic acids is 1. The molecule has 19 heavy (non-hydrogen) atoms. The Bertz CT molecular complexity index is 415. The summed E-state index contributed by atoms with van der Waals surface area (Å²) in [4.78, 5) is 10.7. The number of benzene rings is 1. The maximum absolute atomic E-state index is 10.7. The monoisotopic (exact) mass is 260 g/mol. The Balaban J connectivity index is 2.51. The maximum Gasteiger partial charge on any atom is 0.302 e. The molecule has 1 aromatic rings. The molecule has 0 radical (unpaired) electrons. The molecule has 0 amide bonds. The Morgan fingerprint density at radius 3 is 2.42 bits per heavy atom. The standard InChI is InChI=1S/C17H24O2/c1-4-5-6-7-16-8-10-17(11-9-16)12-14(2)13-19-15(3)18/h8-12H,4-7,13H2,1-3H3/b14-12+. The van der Waals surface area contributed by atoms with Crippen molar-refractivity contribution in [1.82, 2.24) is 0 Å². The third-order valence-electron chi connectivity index (χ3n) is 2.96. The molecule has 0 aromatic heterocycles. The van der Waals surface area contributed by atoms with Gasteiger partial charge in [0.2, 0.25) is 0 Å². The molecule has 0 saturated carbocycles. The van der Waals surface area contributed by atoms with Crippen LogP contribution in [0.15, 0.2) is 29.8 Å². The van der Waals surface area contributed by atoms with Gasteiger partial charge in [0, 0.05) is 6.92 Å². The molecular weight excluding hydrogens is 236 g/mol. The Labute approximate surface area is 116 Å². The second-order valence-corrected chi connectivity index (χ2v) is 4.97. The third kappa shape index (κ3) is 6.80. The van der Waals surface area contributed by atoms with Crippen molar-refractivity contribution in [3.05, 3.63) is 41.0 Å². The molecule has 0 aliphatic carbocycles. The molecule has 0 aliphatic rings. The highest BCUT2D eigenvalue weighted by Gasteiger charge is 1.97. The Kier molecular flexibility index (Phi) is 6.94. The first kappa shape index (κ1) is 15.5. The summed E-state index contributed by atoms with van der Waals surface area (Å²) in [5.41, 5.74) is 3.60. The predicted molar refractivity (Wildman–Crippen MR) is 80.0 cm³/mol. The van der Waals surface area contributed by atoms with Crippen LogP contribution in [0.3, 0.4) is 0 Å². The Morgan fingerprint density at radius 1 is 1.16 bits per heavy atom. The zero-order chi connectivity index (χ0) is 14.1. The van der Waals surface area contributed by atoms with E-state index in [1.54, 1.807) is 0 Å². The van der Waals surface area contributed by atoms with Gasteiger partial charge >= 0.3 is 5.97 Å². The highest BCUT2D eigenvalue weighted by molar-refractivity contribution is 5.66. The molecule has 0 fully saturated rings. The lowest BCUT2D eigenvalue weighted by atomic mass is 10.0. The number of esters is 1. The largest absolute Gasteiger partial charge is 0.461 e. The second kappa shape index (κ2) is 8.52. The number of carbonyl (C=O) groups is 1. The molecule has 104 valence electrons. The van der Waals surface area contributed by atoms with Gasteiger partial charge in [0.1, 0.15) is 6.61 Å². The summed E-state index contributed by atoms with van der Waals surface area (Å²) >= 11 is 0. The van der Waals surface area contributed by atoms with Crippen LogP contribution in [0, 0.1) is 0 Å². The summed E-state index contributed by atoms with van der Waals surface area (Å²) < 4.78 is 4.96. The summed E-state index contributed by atoms with van der Waals surface area (Å²) in [5, 5.41) is 0. The van der Waals surface area contributed by atoms with E-state index in [-0.39, 0.29) is 5.97 Å². The summed E-state index contributed by atoms with van der Waals surface area (Å²) in [7, 11) is 0. The molecule has 0 unspecified atom stereocenters. The number of hydrogen-bond donors (Lipinski definition) is 0. The van der Waals surface area contributed by atoms with Gasteiger partial charge in [0.05, 0.1) is 0 Å². The molecule has 2 nitrogen and oxygen atoms in total. The van der Waals surface area contributed by atoms with E-state index in [0.29, 0.717) is 6.61 Å². The van der Waals surface area contributed by atoms with Crippen molar-refractivity contribution in [3.8, 4) is 0 Å². The number of unbranched alkanes of at least 4 members (excludes halogenated alkanes) is 2. The predicted octanol–water partition coefficient (Wildman–Crippen LogP) is 4.39. The van der Waals surface area contributed by atoms with E-state index in [0.717, 1.165) is 17.6 Å². The zero-order valence-electron chi connectivity index (χ0n) is 12.2. The van der Waals surface area contributed by atoms with Gasteiger partial charge in [-0.1, -0.05) is 50.1 Å². The third-order valence-corrected chi connectivity index (χ3v) is 2.96. The molecule has 0 heterocycles. The van der Waals surface area contributed by atoms with E-state index in [2.05, 4.69) is 37.3 Å². The van der Waals surface area contributed by atoms with Gasteiger partial charge in [-0.15, -0.1) is 0 Å². The van der Waals surface area contributed by atoms with E-state index >= 15 is 0 Å². The van der Waals surface area contributed by atoms with Crippen LogP contribution in [0.2, 0.25) is 0 Å². The van der Waals surface area contributed by atoms with Gasteiger partial charge in [0.25, 0.3) is 0 Å². The lowest BCUT2D eigenvalue weighted by molar-refractivity contribution is -0.139. The number of aryl methyl sites for hydroxylation is 1. The highest BCUT2D eigenvalue weighted by Crippen LogP contribution is 2.12. The van der Waals surface area contributed by atoms with Crippen molar-refractivity contribution >= 4 is 12.0 Å². The lowest BCUT2D eigenvalue weighted by Crippen LogP contribution is -2.01. The SMILES string of the molecule is CCCCCc1ccc(/C=C(\C)COC(C)=O)cc1. The fourth-order valence-electron chi connectivity index (χ4n) is 1.90. The molecule has 0 spiro atoms. The lowest BCUT2D eigenvalue weighted by Gasteiger charge is -2.04. The number of ether oxygens (including phenoxy) is 1. The van der Waals surface area contributed by atoms with Gasteiger partial charge < -0.3 is 4.74 Å². The quantitative estimate of drug-likeness (QED) is 0.537. The average molecular weight is 260 g/mol. The van der Waals surface area contributed by atoms with Crippen LogP contribution in [0.25, 0.3) is 6.08 Å². The number of hydrogen-bond acceptors (Lipinski definition) is 2. The van der Waals surface area contributed by atoms with Crippen LogP contribution in [-0.4, -0.2) is 12.6 Å². The fraction of sp³-hybridized carbons (Fsp3) is 0.471. The van der Waals surface area contributed by atoms with Crippen LogP contribution in [0.1, 0.15) is 51.2 Å². The van der Waals surface area contributed by atoms with Crippen molar-refractivity contribution in [2.24, 2.45) is 0 Å². The van der Waals surface area contributed by atoms with Crippen LogP contribution in [0.5, 0.6) is 0 Å². The molecule has 0 N–H and O–H groups in total. The van der Waals surface area contributed by atoms with Crippen LogP contribution in [0.4, 0.5) is 0 Å². The van der Waals surface area contributed by atoms with Crippen LogP contribution >= 0.6 is 0 Å². The minimum Gasteiger partial charge on any atom is -0.461 e. The smallest absolute Gasteiger partial charge is 0.302 e. The summed E-state index contributed by atoms with van der Waals surface area (Å²) in [5.74, 6) is -0.237. The van der Waals surface area contributed by atoms with Gasteiger partial charge in [-0.25, -0.2) is 0 Å².